The standard InChI is InChI=1S/C11H10.C10H18.C10H12/c1-9-5-4-7-10-6-2-3-8-11(9)10;2*1-2-6-10-8-4-3-7-9(10)5-1/h2-8H,1H3;9-10H,1-8H2;1-2,5-6H,3-4,7-8H2. The van der Waals surface area contributed by atoms with E-state index in [1.807, 2.05) is 0 Å². The highest BCUT2D eigenvalue weighted by Crippen LogP contribution is 2.40. The van der Waals surface area contributed by atoms with Gasteiger partial charge in [-0.1, -0.05) is 118 Å². The van der Waals surface area contributed by atoms with Crippen LogP contribution in [-0.4, -0.2) is 0 Å². The highest BCUT2D eigenvalue weighted by molar-refractivity contribution is 5.85. The van der Waals surface area contributed by atoms with Gasteiger partial charge in [0.05, 0.1) is 0 Å². The van der Waals surface area contributed by atoms with Gasteiger partial charge in [0.2, 0.25) is 0 Å². The van der Waals surface area contributed by atoms with E-state index >= 15 is 0 Å². The Kier molecular flexibility index (Phi) is 8.22. The van der Waals surface area contributed by atoms with E-state index in [0.717, 1.165) is 11.8 Å². The van der Waals surface area contributed by atoms with Crippen molar-refractivity contribution >= 4 is 10.8 Å². The smallest absolute Gasteiger partial charge is 0.0155 e. The third-order valence-corrected chi connectivity index (χ3v) is 7.73. The van der Waals surface area contributed by atoms with E-state index in [0.29, 0.717) is 0 Å². The van der Waals surface area contributed by atoms with Gasteiger partial charge in [0.15, 0.2) is 0 Å². The zero-order valence-corrected chi connectivity index (χ0v) is 19.5. The van der Waals surface area contributed by atoms with E-state index in [9.17, 15) is 0 Å². The molecule has 0 bridgehead atoms. The van der Waals surface area contributed by atoms with Gasteiger partial charge in [-0.25, -0.2) is 0 Å². The minimum Gasteiger partial charge on any atom is -0.0620 e. The molecule has 0 unspecified atom stereocenters. The lowest BCUT2D eigenvalue weighted by Gasteiger charge is -2.35. The molecule has 0 heteroatoms. The first-order chi connectivity index (χ1) is 15.3. The van der Waals surface area contributed by atoms with Gasteiger partial charge in [0.1, 0.15) is 0 Å². The van der Waals surface area contributed by atoms with Gasteiger partial charge in [-0.3, -0.25) is 0 Å². The molecule has 2 saturated carbocycles. The average molecular weight is 413 g/mol. The van der Waals surface area contributed by atoms with Crippen LogP contribution in [0.15, 0.2) is 66.7 Å². The second-order valence-electron chi connectivity index (χ2n) is 9.86. The summed E-state index contributed by atoms with van der Waals surface area (Å²) in [5, 5.41) is 2.68. The first-order valence-electron chi connectivity index (χ1n) is 12.8. The molecule has 164 valence electrons. The Morgan fingerprint density at radius 2 is 1.00 bits per heavy atom. The second-order valence-corrected chi connectivity index (χ2v) is 9.86. The Balaban J connectivity index is 0.000000112. The number of fused-ring (bicyclic) bond motifs is 3. The van der Waals surface area contributed by atoms with E-state index in [-0.39, 0.29) is 0 Å². The second kappa shape index (κ2) is 11.5. The molecule has 0 radical (unpaired) electrons. The summed E-state index contributed by atoms with van der Waals surface area (Å²) < 4.78 is 0. The van der Waals surface area contributed by atoms with Crippen LogP contribution in [0.25, 0.3) is 10.8 Å². The zero-order chi connectivity index (χ0) is 21.3. The van der Waals surface area contributed by atoms with Crippen LogP contribution in [0.2, 0.25) is 0 Å². The maximum absolute atomic E-state index is 2.26. The molecular formula is C31H40. The highest BCUT2D eigenvalue weighted by atomic mass is 14.3. The lowest BCUT2D eigenvalue weighted by molar-refractivity contribution is 0.171. The molecule has 0 atom stereocenters. The van der Waals surface area contributed by atoms with Crippen molar-refractivity contribution in [2.45, 2.75) is 84.0 Å². The van der Waals surface area contributed by atoms with Crippen molar-refractivity contribution in [2.24, 2.45) is 11.8 Å². The summed E-state index contributed by atoms with van der Waals surface area (Å²) in [6, 6.07) is 23.6. The summed E-state index contributed by atoms with van der Waals surface area (Å²) in [6.07, 6.45) is 17.7. The monoisotopic (exact) mass is 412 g/mol. The molecule has 3 aliphatic carbocycles. The first-order valence-corrected chi connectivity index (χ1v) is 12.8. The molecule has 0 N–H and O–H groups in total. The Bertz CT molecular complexity index is 881. The van der Waals surface area contributed by atoms with Crippen LogP contribution in [0.1, 0.15) is 80.9 Å². The summed E-state index contributed by atoms with van der Waals surface area (Å²) in [5.41, 5.74) is 4.51. The lowest BCUT2D eigenvalue weighted by Crippen LogP contribution is -2.22. The molecule has 2 fully saturated rings. The highest BCUT2D eigenvalue weighted by Gasteiger charge is 2.26. The summed E-state index contributed by atoms with van der Waals surface area (Å²) in [5.74, 6) is 2.31. The van der Waals surface area contributed by atoms with Crippen LogP contribution in [0.4, 0.5) is 0 Å². The van der Waals surface area contributed by atoms with Gasteiger partial charge >= 0.3 is 0 Å². The van der Waals surface area contributed by atoms with Gasteiger partial charge in [-0.05, 0) is 71.9 Å². The summed E-state index contributed by atoms with van der Waals surface area (Å²) >= 11 is 0. The Morgan fingerprint density at radius 1 is 0.516 bits per heavy atom. The minimum atomic E-state index is 1.16. The summed E-state index contributed by atoms with van der Waals surface area (Å²) in [6.45, 7) is 2.14. The van der Waals surface area contributed by atoms with Gasteiger partial charge in [0.25, 0.3) is 0 Å². The van der Waals surface area contributed by atoms with Crippen LogP contribution >= 0.6 is 0 Å². The van der Waals surface area contributed by atoms with Crippen molar-refractivity contribution in [3.8, 4) is 0 Å². The third-order valence-electron chi connectivity index (χ3n) is 7.73. The molecule has 3 aliphatic rings. The quantitative estimate of drug-likeness (QED) is 0.345. The maximum Gasteiger partial charge on any atom is -0.0155 e. The molecule has 0 saturated heterocycles. The van der Waals surface area contributed by atoms with Crippen LogP contribution in [0, 0.1) is 18.8 Å². The average Bonchev–Trinajstić information content (AvgIpc) is 2.85. The largest absolute Gasteiger partial charge is 0.0620 e. The topological polar surface area (TPSA) is 0 Å². The molecule has 0 aromatic heterocycles. The third kappa shape index (κ3) is 6.22. The first kappa shape index (κ1) is 22.1. The number of hydrogen-bond donors (Lipinski definition) is 0. The maximum atomic E-state index is 2.26. The molecule has 0 heterocycles. The lowest BCUT2D eigenvalue weighted by atomic mass is 9.71. The summed E-state index contributed by atoms with van der Waals surface area (Å²) in [4.78, 5) is 0. The SMILES string of the molecule is C1CCC2CCCCC2C1.Cc1cccc2ccccc12.c1ccc2c(c1)CCCC2. The van der Waals surface area contributed by atoms with Crippen LogP contribution in [0.3, 0.4) is 0 Å². The number of aryl methyl sites for hydroxylation is 3. The fourth-order valence-electron chi connectivity index (χ4n) is 5.92. The fraction of sp³-hybridized carbons (Fsp3) is 0.484. The van der Waals surface area contributed by atoms with E-state index in [4.69, 9.17) is 0 Å². The predicted octanol–water partition coefficient (Wildman–Crippen LogP) is 9.08. The minimum absolute atomic E-state index is 1.16. The molecule has 3 aromatic carbocycles. The van der Waals surface area contributed by atoms with Crippen LogP contribution in [-0.2, 0) is 12.8 Å². The molecule has 0 spiro atoms. The number of hydrogen-bond acceptors (Lipinski definition) is 0. The Hall–Kier alpha value is -2.08. The molecule has 3 aromatic rings. The summed E-state index contributed by atoms with van der Waals surface area (Å²) in [7, 11) is 0. The van der Waals surface area contributed by atoms with Crippen molar-refractivity contribution in [1.29, 1.82) is 0 Å². The number of rotatable bonds is 0. The van der Waals surface area contributed by atoms with E-state index in [1.165, 1.54) is 67.7 Å². The van der Waals surface area contributed by atoms with Gasteiger partial charge in [-0.2, -0.15) is 0 Å². The molecular weight excluding hydrogens is 372 g/mol. The van der Waals surface area contributed by atoms with Gasteiger partial charge in [0, 0.05) is 0 Å². The normalized spacial score (nSPS) is 22.1. The van der Waals surface area contributed by atoms with Crippen molar-refractivity contribution < 1.29 is 0 Å². The Morgan fingerprint density at radius 3 is 1.55 bits per heavy atom. The predicted molar refractivity (Wildman–Crippen MR) is 136 cm³/mol. The molecule has 6 rings (SSSR count). The van der Waals surface area contributed by atoms with E-state index < -0.39 is 0 Å². The molecule has 0 amide bonds. The van der Waals surface area contributed by atoms with Crippen molar-refractivity contribution in [1.82, 2.24) is 0 Å². The van der Waals surface area contributed by atoms with Crippen LogP contribution < -0.4 is 0 Å². The molecule has 0 nitrogen and oxygen atoms in total. The Labute approximate surface area is 190 Å². The number of benzene rings is 3. The van der Waals surface area contributed by atoms with Crippen molar-refractivity contribution in [3.05, 3.63) is 83.4 Å². The van der Waals surface area contributed by atoms with E-state index in [1.54, 1.807) is 36.8 Å². The van der Waals surface area contributed by atoms with Gasteiger partial charge in [-0.15, -0.1) is 0 Å². The molecule has 0 aliphatic heterocycles. The van der Waals surface area contributed by atoms with Gasteiger partial charge < -0.3 is 0 Å². The fourth-order valence-corrected chi connectivity index (χ4v) is 5.92. The van der Waals surface area contributed by atoms with Crippen molar-refractivity contribution in [2.75, 3.05) is 0 Å². The van der Waals surface area contributed by atoms with E-state index in [2.05, 4.69) is 73.7 Å². The zero-order valence-electron chi connectivity index (χ0n) is 19.5. The van der Waals surface area contributed by atoms with Crippen LogP contribution in [0.5, 0.6) is 0 Å². The molecule has 31 heavy (non-hydrogen) atoms. The van der Waals surface area contributed by atoms with Crippen molar-refractivity contribution in [3.63, 3.8) is 0 Å².